The number of amides is 1. The second-order valence-corrected chi connectivity index (χ2v) is 11.5. The van der Waals surface area contributed by atoms with Gasteiger partial charge in [-0.2, -0.15) is 13.2 Å². The van der Waals surface area contributed by atoms with Crippen molar-refractivity contribution in [3.8, 4) is 11.5 Å². The summed E-state index contributed by atoms with van der Waals surface area (Å²) in [6, 6.07) is 9.96. The maximum absolute atomic E-state index is 13.5. The third-order valence-corrected chi connectivity index (χ3v) is 8.34. The number of piperidine rings is 2. The molecule has 5 rings (SSSR count). The van der Waals surface area contributed by atoms with Gasteiger partial charge >= 0.3 is 6.18 Å². The van der Waals surface area contributed by atoms with Crippen LogP contribution >= 0.6 is 11.3 Å². The van der Waals surface area contributed by atoms with E-state index in [1.807, 2.05) is 13.8 Å². The van der Waals surface area contributed by atoms with Crippen LogP contribution in [0.1, 0.15) is 66.9 Å². The lowest BCUT2D eigenvalue weighted by Crippen LogP contribution is -2.56. The molecule has 1 aromatic heterocycles. The molecular weight excluding hydrogens is 515 g/mol. The molecule has 0 radical (unpaired) electrons. The SMILES string of the molecule is COc1cc(C(=O)NC2CC3CCCC(C2)N3Cc2nc3c(C(F)(F)F)cccc3s2)ccc1OC(C)C. The number of aromatic nitrogens is 1. The molecule has 6 nitrogen and oxygen atoms in total. The molecular formula is C28H32F3N3O3S. The summed E-state index contributed by atoms with van der Waals surface area (Å²) in [5.74, 6) is 0.961. The van der Waals surface area contributed by atoms with Crippen molar-refractivity contribution in [2.45, 2.75) is 82.9 Å². The molecule has 2 aliphatic rings. The fraction of sp³-hybridized carbons (Fsp3) is 0.500. The minimum atomic E-state index is -4.43. The summed E-state index contributed by atoms with van der Waals surface area (Å²) in [4.78, 5) is 19.9. The Morgan fingerprint density at radius 1 is 1.16 bits per heavy atom. The predicted molar refractivity (Wildman–Crippen MR) is 141 cm³/mol. The zero-order valence-electron chi connectivity index (χ0n) is 21.7. The van der Waals surface area contributed by atoms with Gasteiger partial charge in [-0.05, 0) is 69.9 Å². The molecule has 0 spiro atoms. The van der Waals surface area contributed by atoms with Crippen LogP contribution in [0.2, 0.25) is 0 Å². The molecule has 2 saturated heterocycles. The van der Waals surface area contributed by atoms with Crippen LogP contribution in [0.3, 0.4) is 0 Å². The number of hydrogen-bond donors (Lipinski definition) is 1. The van der Waals surface area contributed by atoms with Crippen LogP contribution in [0, 0.1) is 0 Å². The van der Waals surface area contributed by atoms with Crippen molar-refractivity contribution in [1.82, 2.24) is 15.2 Å². The molecule has 38 heavy (non-hydrogen) atoms. The van der Waals surface area contributed by atoms with E-state index in [1.165, 1.54) is 17.4 Å². The predicted octanol–water partition coefficient (Wildman–Crippen LogP) is 6.43. The van der Waals surface area contributed by atoms with E-state index in [0.29, 0.717) is 33.3 Å². The van der Waals surface area contributed by atoms with E-state index in [2.05, 4.69) is 15.2 Å². The van der Waals surface area contributed by atoms with Gasteiger partial charge in [-0.1, -0.05) is 12.5 Å². The van der Waals surface area contributed by atoms with Gasteiger partial charge < -0.3 is 14.8 Å². The fourth-order valence-electron chi connectivity index (χ4n) is 5.73. The van der Waals surface area contributed by atoms with Crippen LogP contribution in [0.4, 0.5) is 13.2 Å². The largest absolute Gasteiger partial charge is 0.493 e. The number of hydrogen-bond acceptors (Lipinski definition) is 6. The molecule has 1 N–H and O–H groups in total. The number of benzene rings is 2. The van der Waals surface area contributed by atoms with Crippen molar-refractivity contribution in [2.24, 2.45) is 0 Å². The quantitative estimate of drug-likeness (QED) is 0.370. The Bertz CT molecular complexity index is 1300. The molecule has 204 valence electrons. The molecule has 3 aromatic rings. The average molecular weight is 548 g/mol. The van der Waals surface area contributed by atoms with Crippen molar-refractivity contribution in [3.05, 3.63) is 52.5 Å². The van der Waals surface area contributed by atoms with Crippen LogP contribution in [0.15, 0.2) is 36.4 Å². The Morgan fingerprint density at radius 2 is 1.89 bits per heavy atom. The number of ether oxygens (including phenoxy) is 2. The topological polar surface area (TPSA) is 63.7 Å². The van der Waals surface area contributed by atoms with Gasteiger partial charge in [-0.25, -0.2) is 4.98 Å². The van der Waals surface area contributed by atoms with Gasteiger partial charge in [0.15, 0.2) is 11.5 Å². The zero-order chi connectivity index (χ0) is 27.0. The minimum Gasteiger partial charge on any atom is -0.493 e. The number of halogens is 3. The van der Waals surface area contributed by atoms with Crippen LogP contribution in [-0.2, 0) is 12.7 Å². The summed E-state index contributed by atoms with van der Waals surface area (Å²) >= 11 is 1.33. The highest BCUT2D eigenvalue weighted by Gasteiger charge is 2.39. The molecule has 0 saturated carbocycles. The number of para-hydroxylation sites is 1. The second-order valence-electron chi connectivity index (χ2n) is 10.3. The number of carbonyl (C=O) groups excluding carboxylic acids is 1. The monoisotopic (exact) mass is 547 g/mol. The average Bonchev–Trinajstić information content (AvgIpc) is 3.26. The van der Waals surface area contributed by atoms with Gasteiger partial charge in [0, 0.05) is 23.7 Å². The van der Waals surface area contributed by atoms with Gasteiger partial charge in [0.2, 0.25) is 0 Å². The van der Waals surface area contributed by atoms with Gasteiger partial charge in [0.25, 0.3) is 5.91 Å². The molecule has 2 fully saturated rings. The lowest BCUT2D eigenvalue weighted by molar-refractivity contribution is -0.136. The first-order valence-corrected chi connectivity index (χ1v) is 13.8. The maximum atomic E-state index is 13.5. The first-order chi connectivity index (χ1) is 18.1. The Kier molecular flexibility index (Phi) is 7.55. The smallest absolute Gasteiger partial charge is 0.418 e. The van der Waals surface area contributed by atoms with E-state index in [-0.39, 0.29) is 35.7 Å². The number of rotatable bonds is 7. The molecule has 10 heteroatoms. The molecule has 2 atom stereocenters. The Labute approximate surface area is 224 Å². The first-order valence-electron chi connectivity index (χ1n) is 13.0. The van der Waals surface area contributed by atoms with Crippen molar-refractivity contribution < 1.29 is 27.4 Å². The lowest BCUT2D eigenvalue weighted by atomic mass is 9.81. The number of nitrogens with zero attached hydrogens (tertiary/aromatic N) is 2. The summed E-state index contributed by atoms with van der Waals surface area (Å²) in [7, 11) is 1.55. The summed E-state index contributed by atoms with van der Waals surface area (Å²) in [6.07, 6.45) is 0.262. The van der Waals surface area contributed by atoms with Crippen molar-refractivity contribution in [2.75, 3.05) is 7.11 Å². The van der Waals surface area contributed by atoms with Crippen molar-refractivity contribution in [3.63, 3.8) is 0 Å². The molecule has 3 heterocycles. The molecule has 2 bridgehead atoms. The Morgan fingerprint density at radius 3 is 2.55 bits per heavy atom. The number of thiazole rings is 1. The standard InChI is InChI=1S/C28H32F3N3O3S/c1-16(2)37-22-11-10-17(12-23(22)36-3)27(35)32-18-13-19-6-4-7-20(14-18)34(19)15-25-33-26-21(28(29,30)31)8-5-9-24(26)38-25/h5,8-12,16,18-20H,4,6-7,13-15H2,1-3H3,(H,32,35). The summed E-state index contributed by atoms with van der Waals surface area (Å²) < 4.78 is 52.1. The fourth-order valence-corrected chi connectivity index (χ4v) is 6.73. The molecule has 1 amide bonds. The van der Waals surface area contributed by atoms with Crippen LogP contribution < -0.4 is 14.8 Å². The number of fused-ring (bicyclic) bond motifs is 3. The normalized spacial score (nSPS) is 22.0. The highest BCUT2D eigenvalue weighted by Crippen LogP contribution is 2.39. The number of methoxy groups -OCH3 is 1. The van der Waals surface area contributed by atoms with E-state index in [9.17, 15) is 18.0 Å². The van der Waals surface area contributed by atoms with Crippen molar-refractivity contribution >= 4 is 27.5 Å². The first kappa shape index (κ1) is 26.7. The summed E-state index contributed by atoms with van der Waals surface area (Å²) in [5.41, 5.74) is -0.132. The number of alkyl halides is 3. The zero-order valence-corrected chi connectivity index (χ0v) is 22.5. The lowest BCUT2D eigenvalue weighted by Gasteiger charge is -2.48. The molecule has 2 unspecified atom stereocenters. The van der Waals surface area contributed by atoms with Gasteiger partial charge in [0.1, 0.15) is 5.01 Å². The summed E-state index contributed by atoms with van der Waals surface area (Å²) in [5, 5.41) is 3.91. The van der Waals surface area contributed by atoms with Gasteiger partial charge in [-0.3, -0.25) is 9.69 Å². The van der Waals surface area contributed by atoms with E-state index >= 15 is 0 Å². The van der Waals surface area contributed by atoms with Gasteiger partial charge in [0.05, 0.1) is 35.5 Å². The van der Waals surface area contributed by atoms with Crippen LogP contribution in [-0.4, -0.2) is 47.1 Å². The third-order valence-electron chi connectivity index (χ3n) is 7.34. The molecule has 0 aliphatic carbocycles. The van der Waals surface area contributed by atoms with E-state index < -0.39 is 11.7 Å². The second kappa shape index (κ2) is 10.7. The number of carbonyl (C=O) groups is 1. The highest BCUT2D eigenvalue weighted by molar-refractivity contribution is 7.18. The minimum absolute atomic E-state index is 0.0115. The van der Waals surface area contributed by atoms with Crippen LogP contribution in [0.5, 0.6) is 11.5 Å². The van der Waals surface area contributed by atoms with E-state index in [4.69, 9.17) is 9.47 Å². The van der Waals surface area contributed by atoms with Gasteiger partial charge in [-0.15, -0.1) is 11.3 Å². The third kappa shape index (κ3) is 5.61. The van der Waals surface area contributed by atoms with Crippen molar-refractivity contribution in [1.29, 1.82) is 0 Å². The number of nitrogens with one attached hydrogen (secondary N) is 1. The Balaban J connectivity index is 1.27. The molecule has 2 aromatic carbocycles. The van der Waals surface area contributed by atoms with E-state index in [1.54, 1.807) is 31.4 Å². The van der Waals surface area contributed by atoms with E-state index in [0.717, 1.165) is 38.2 Å². The summed E-state index contributed by atoms with van der Waals surface area (Å²) in [6.45, 7) is 4.39. The molecule has 2 aliphatic heterocycles. The highest BCUT2D eigenvalue weighted by atomic mass is 32.1. The maximum Gasteiger partial charge on any atom is 0.418 e. The Hall–Kier alpha value is -2.85. The van der Waals surface area contributed by atoms with Crippen LogP contribution in [0.25, 0.3) is 10.2 Å².